The van der Waals surface area contributed by atoms with Crippen LogP contribution in [0.4, 0.5) is 0 Å². The lowest BCUT2D eigenvalue weighted by molar-refractivity contribution is 0.427. The van der Waals surface area contributed by atoms with E-state index in [1.54, 1.807) is 0 Å². The van der Waals surface area contributed by atoms with Crippen LogP contribution in [0, 0.1) is 5.92 Å². The summed E-state index contributed by atoms with van der Waals surface area (Å²) in [6.07, 6.45) is 8.15. The van der Waals surface area contributed by atoms with Crippen molar-refractivity contribution >= 4 is 52.5 Å². The van der Waals surface area contributed by atoms with Crippen molar-refractivity contribution in [2.24, 2.45) is 5.92 Å². The fraction of sp³-hybridized carbons (Fsp3) is 0.214. The monoisotopic (exact) mass is 498 g/mol. The molecule has 4 heteroatoms. The van der Waals surface area contributed by atoms with Crippen LogP contribution < -0.4 is 0 Å². The highest BCUT2D eigenvalue weighted by molar-refractivity contribution is 6.42. The molecule has 1 saturated carbocycles. The molecule has 0 N–H and O–H groups in total. The molecule has 0 radical (unpaired) electrons. The summed E-state index contributed by atoms with van der Waals surface area (Å²) in [6.45, 7) is 0. The summed E-state index contributed by atoms with van der Waals surface area (Å²) in [5, 5.41) is 2.39. The van der Waals surface area contributed by atoms with Crippen molar-refractivity contribution in [3.05, 3.63) is 121 Å². The molecular weight excluding hydrogens is 478 g/mol. The molecule has 0 heterocycles. The summed E-state index contributed by atoms with van der Waals surface area (Å²) >= 11 is 25.1. The third-order valence-corrected chi connectivity index (χ3v) is 8.19. The predicted molar refractivity (Wildman–Crippen MR) is 138 cm³/mol. The van der Waals surface area contributed by atoms with Gasteiger partial charge in [-0.1, -0.05) is 101 Å². The van der Waals surface area contributed by atoms with E-state index in [1.807, 2.05) is 24.3 Å². The van der Waals surface area contributed by atoms with Gasteiger partial charge in [0.15, 0.2) is 0 Å². The molecule has 2 aliphatic carbocycles. The minimum Gasteiger partial charge on any atom is -0.0827 e. The first-order valence-electron chi connectivity index (χ1n) is 10.9. The van der Waals surface area contributed by atoms with Crippen LogP contribution in [-0.4, -0.2) is 0 Å². The maximum atomic E-state index is 6.44. The highest BCUT2D eigenvalue weighted by atomic mass is 35.5. The molecule has 1 fully saturated rings. The van der Waals surface area contributed by atoms with Gasteiger partial charge in [0.25, 0.3) is 0 Å². The summed E-state index contributed by atoms with van der Waals surface area (Å²) in [7, 11) is 0. The number of allylic oxidation sites excluding steroid dienone is 3. The van der Waals surface area contributed by atoms with Gasteiger partial charge in [0, 0.05) is 11.8 Å². The molecule has 0 saturated heterocycles. The summed E-state index contributed by atoms with van der Waals surface area (Å²) < 4.78 is 0. The van der Waals surface area contributed by atoms with Gasteiger partial charge in [-0.25, -0.2) is 0 Å². The second-order valence-corrected chi connectivity index (χ2v) is 10.2. The molecule has 3 aromatic carbocycles. The van der Waals surface area contributed by atoms with E-state index in [4.69, 9.17) is 46.4 Å². The number of hydrogen-bond acceptors (Lipinski definition) is 0. The highest BCUT2D eigenvalue weighted by Crippen LogP contribution is 2.55. The molecule has 0 unspecified atom stereocenters. The Morgan fingerprint density at radius 3 is 2.16 bits per heavy atom. The van der Waals surface area contributed by atoms with Crippen LogP contribution in [0.3, 0.4) is 0 Å². The molecule has 2 aliphatic rings. The lowest BCUT2D eigenvalue weighted by Gasteiger charge is -2.32. The van der Waals surface area contributed by atoms with Crippen molar-refractivity contribution in [3.63, 3.8) is 0 Å². The van der Waals surface area contributed by atoms with Gasteiger partial charge in [-0.2, -0.15) is 0 Å². The average molecular weight is 500 g/mol. The summed E-state index contributed by atoms with van der Waals surface area (Å²) in [5.41, 5.74) is 6.51. The third kappa shape index (κ3) is 4.27. The molecule has 0 amide bonds. The Hall–Kier alpha value is -1.70. The Morgan fingerprint density at radius 1 is 0.719 bits per heavy atom. The molecule has 0 nitrogen and oxygen atoms in total. The van der Waals surface area contributed by atoms with Crippen molar-refractivity contribution in [3.8, 4) is 0 Å². The van der Waals surface area contributed by atoms with E-state index in [0.717, 1.165) is 18.4 Å². The Balaban J connectivity index is 1.60. The molecule has 162 valence electrons. The molecule has 5 rings (SSSR count). The first kappa shape index (κ1) is 22.1. The summed E-state index contributed by atoms with van der Waals surface area (Å²) in [6, 6.07) is 22.7. The van der Waals surface area contributed by atoms with Crippen molar-refractivity contribution in [1.82, 2.24) is 0 Å². The fourth-order valence-corrected chi connectivity index (χ4v) is 5.91. The van der Waals surface area contributed by atoms with Crippen LogP contribution in [0.25, 0.3) is 6.08 Å². The largest absolute Gasteiger partial charge is 0.0827 e. The maximum Gasteiger partial charge on any atom is 0.0598 e. The zero-order chi connectivity index (χ0) is 22.2. The van der Waals surface area contributed by atoms with Gasteiger partial charge in [0.05, 0.1) is 20.1 Å². The van der Waals surface area contributed by atoms with Crippen LogP contribution in [-0.2, 0) is 0 Å². The first-order valence-corrected chi connectivity index (χ1v) is 12.4. The lowest BCUT2D eigenvalue weighted by atomic mass is 9.72. The zero-order valence-electron chi connectivity index (χ0n) is 17.4. The molecule has 3 aromatic rings. The number of hydrogen-bond donors (Lipinski definition) is 0. The van der Waals surface area contributed by atoms with Crippen LogP contribution in [0.15, 0.2) is 84.0 Å². The number of fused-ring (bicyclic) bond motifs is 1. The van der Waals surface area contributed by atoms with Gasteiger partial charge in [0.1, 0.15) is 0 Å². The second-order valence-electron chi connectivity index (χ2n) is 8.60. The molecule has 3 atom stereocenters. The van der Waals surface area contributed by atoms with Gasteiger partial charge in [-0.3, -0.25) is 0 Å². The van der Waals surface area contributed by atoms with E-state index in [0.29, 0.717) is 37.8 Å². The third-order valence-electron chi connectivity index (χ3n) is 6.71. The van der Waals surface area contributed by atoms with Crippen LogP contribution >= 0.6 is 46.4 Å². The molecule has 32 heavy (non-hydrogen) atoms. The minimum absolute atomic E-state index is 0.295. The Bertz CT molecular complexity index is 1210. The quantitative estimate of drug-likeness (QED) is 0.336. The number of halogens is 4. The molecule has 0 spiro atoms. The van der Waals surface area contributed by atoms with Crippen molar-refractivity contribution < 1.29 is 0 Å². The average Bonchev–Trinajstić information content (AvgIpc) is 3.19. The topological polar surface area (TPSA) is 0 Å². The second kappa shape index (κ2) is 9.27. The fourth-order valence-electron chi connectivity index (χ4n) is 5.30. The van der Waals surface area contributed by atoms with E-state index < -0.39 is 0 Å². The van der Waals surface area contributed by atoms with E-state index >= 15 is 0 Å². The molecule has 0 bridgehead atoms. The maximum absolute atomic E-state index is 6.44. The lowest BCUT2D eigenvalue weighted by Crippen LogP contribution is -2.18. The van der Waals surface area contributed by atoms with Gasteiger partial charge in [0.2, 0.25) is 0 Å². The van der Waals surface area contributed by atoms with E-state index in [9.17, 15) is 0 Å². The van der Waals surface area contributed by atoms with Gasteiger partial charge >= 0.3 is 0 Å². The van der Waals surface area contributed by atoms with Crippen molar-refractivity contribution in [2.75, 3.05) is 0 Å². The summed E-state index contributed by atoms with van der Waals surface area (Å²) in [5.74, 6) is 1.07. The minimum atomic E-state index is 0.295. The van der Waals surface area contributed by atoms with Gasteiger partial charge in [-0.15, -0.1) is 0 Å². The molecular formula is C28H22Cl4. The van der Waals surface area contributed by atoms with Crippen LogP contribution in [0.2, 0.25) is 20.1 Å². The smallest absolute Gasteiger partial charge is 0.0598 e. The Morgan fingerprint density at radius 2 is 1.44 bits per heavy atom. The standard InChI is InChI=1S/C28H22Cl4/c29-24-11-9-17(14-26(24)31)13-19-7-4-8-21-22(19)16-23(18-5-2-1-3-6-18)28(21)20-10-12-25(30)27(32)15-20/h1-3,5-6,9-16,21,23,28H,4,7-8H2/b19-13+/t21-,23-,28+/m1/s1. The summed E-state index contributed by atoms with van der Waals surface area (Å²) in [4.78, 5) is 0. The molecule has 0 aliphatic heterocycles. The van der Waals surface area contributed by atoms with Gasteiger partial charge < -0.3 is 0 Å². The van der Waals surface area contributed by atoms with Gasteiger partial charge in [-0.05, 0) is 77.3 Å². The number of rotatable bonds is 3. The van der Waals surface area contributed by atoms with Crippen molar-refractivity contribution in [1.29, 1.82) is 0 Å². The Kier molecular flexibility index (Phi) is 6.41. The predicted octanol–water partition coefficient (Wildman–Crippen LogP) is 9.99. The van der Waals surface area contributed by atoms with E-state index in [-0.39, 0.29) is 0 Å². The normalized spacial score (nSPS) is 23.8. The van der Waals surface area contributed by atoms with Crippen LogP contribution in [0.1, 0.15) is 47.8 Å². The highest BCUT2D eigenvalue weighted by Gasteiger charge is 2.41. The Labute approximate surface area is 209 Å². The zero-order valence-corrected chi connectivity index (χ0v) is 20.4. The first-order chi connectivity index (χ1) is 15.5. The van der Waals surface area contributed by atoms with E-state index in [1.165, 1.54) is 28.7 Å². The SMILES string of the molecule is Clc1ccc(/C=C2\CCC[C@@H]3C2=C[C@H](c2ccccc2)[C@H]3c2ccc(Cl)c(Cl)c2)cc1Cl. The van der Waals surface area contributed by atoms with Crippen molar-refractivity contribution in [2.45, 2.75) is 31.1 Å². The van der Waals surface area contributed by atoms with Crippen LogP contribution in [0.5, 0.6) is 0 Å². The molecule has 0 aromatic heterocycles. The number of benzene rings is 3. The van der Waals surface area contributed by atoms with E-state index in [2.05, 4.69) is 54.6 Å².